The maximum Gasteiger partial charge on any atom is 0.412 e. The van der Waals surface area contributed by atoms with Crippen LogP contribution in [-0.4, -0.2) is 52.5 Å². The fourth-order valence-corrected chi connectivity index (χ4v) is 4.82. The van der Waals surface area contributed by atoms with E-state index in [1.54, 1.807) is 36.7 Å². The van der Waals surface area contributed by atoms with Gasteiger partial charge in [-0.1, -0.05) is 56.3 Å². The van der Waals surface area contributed by atoms with Crippen LogP contribution in [0.15, 0.2) is 84.5 Å². The molecule has 0 aliphatic heterocycles. The summed E-state index contributed by atoms with van der Waals surface area (Å²) < 4.78 is 11.1. The molecule has 224 valence electrons. The first-order valence-electron chi connectivity index (χ1n) is 14.1. The lowest BCUT2D eigenvalue weighted by Crippen LogP contribution is -2.41. The van der Waals surface area contributed by atoms with Crippen molar-refractivity contribution in [2.24, 2.45) is 0 Å². The maximum atomic E-state index is 13.2. The summed E-state index contributed by atoms with van der Waals surface area (Å²) in [7, 11) is 1.45. The largest absolute Gasteiger partial charge is 0.444 e. The highest BCUT2D eigenvalue weighted by molar-refractivity contribution is 7.14. The minimum atomic E-state index is -0.880. The molecular weight excluding hydrogens is 566 g/mol. The molecule has 2 aromatic carbocycles. The number of hydrogen-bond donors (Lipinski definition) is 2. The number of nitrogens with one attached hydrogen (secondary N) is 2. The fraction of sp³-hybridized carbons (Fsp3) is 0.281. The Bertz CT molecular complexity index is 1480. The zero-order chi connectivity index (χ0) is 30.6. The molecular formula is C32H35N5O5S. The second kappa shape index (κ2) is 15.6. The van der Waals surface area contributed by atoms with E-state index in [9.17, 15) is 14.4 Å². The van der Waals surface area contributed by atoms with E-state index >= 15 is 0 Å². The molecule has 1 unspecified atom stereocenters. The topological polar surface area (TPSA) is 123 Å². The number of amides is 3. The first-order valence-corrected chi connectivity index (χ1v) is 14.9. The predicted molar refractivity (Wildman–Crippen MR) is 165 cm³/mol. The molecule has 0 spiro atoms. The van der Waals surface area contributed by atoms with Crippen LogP contribution in [0.1, 0.15) is 54.4 Å². The molecule has 0 radical (unpaired) electrons. The van der Waals surface area contributed by atoms with E-state index in [-0.39, 0.29) is 25.1 Å². The minimum Gasteiger partial charge on any atom is -0.444 e. The van der Waals surface area contributed by atoms with Crippen LogP contribution < -0.4 is 10.6 Å². The van der Waals surface area contributed by atoms with Crippen LogP contribution in [0, 0.1) is 0 Å². The monoisotopic (exact) mass is 601 g/mol. The van der Waals surface area contributed by atoms with E-state index in [1.165, 1.54) is 23.3 Å². The summed E-state index contributed by atoms with van der Waals surface area (Å²) in [6, 6.07) is 20.1. The zero-order valence-corrected chi connectivity index (χ0v) is 25.2. The third-order valence-electron chi connectivity index (χ3n) is 6.36. The average Bonchev–Trinajstić information content (AvgIpc) is 3.75. The summed E-state index contributed by atoms with van der Waals surface area (Å²) >= 11 is 1.26. The van der Waals surface area contributed by atoms with Gasteiger partial charge < -0.3 is 20.1 Å². The molecule has 4 aromatic rings. The van der Waals surface area contributed by atoms with Crippen molar-refractivity contribution in [2.45, 2.75) is 45.6 Å². The van der Waals surface area contributed by atoms with Gasteiger partial charge in [-0.25, -0.2) is 9.78 Å². The first kappa shape index (κ1) is 31.3. The lowest BCUT2D eigenvalue weighted by atomic mass is 10.1. The normalized spacial score (nSPS) is 12.7. The number of methoxy groups -OCH3 is 1. The number of hydrogen-bond acceptors (Lipinski definition) is 8. The van der Waals surface area contributed by atoms with Crippen LogP contribution in [-0.2, 0) is 20.9 Å². The van der Waals surface area contributed by atoms with Crippen LogP contribution in [0.4, 0.5) is 9.93 Å². The number of pyridine rings is 1. The quantitative estimate of drug-likeness (QED) is 0.201. The van der Waals surface area contributed by atoms with E-state index in [4.69, 9.17) is 9.47 Å². The van der Waals surface area contributed by atoms with Gasteiger partial charge in [-0.15, -0.1) is 11.3 Å². The Morgan fingerprint density at radius 1 is 1.00 bits per heavy atom. The molecule has 0 bridgehead atoms. The fourth-order valence-electron chi connectivity index (χ4n) is 4.08. The van der Waals surface area contributed by atoms with E-state index < -0.39 is 18.2 Å². The SMILES string of the molecule is CC.COC(c1ccncc1)N(CC(=O)Nc1nc(-c2ccc(C(=O)NC3CC3)cc2)cs1)C(=O)OCc1ccccc1. The van der Waals surface area contributed by atoms with Gasteiger partial charge in [-0.05, 0) is 42.7 Å². The molecule has 1 aliphatic rings. The van der Waals surface area contributed by atoms with Crippen molar-refractivity contribution >= 4 is 34.4 Å². The number of aromatic nitrogens is 2. The highest BCUT2D eigenvalue weighted by Crippen LogP contribution is 2.27. The summed E-state index contributed by atoms with van der Waals surface area (Å²) in [6.45, 7) is 3.70. The molecule has 1 atom stereocenters. The molecule has 1 saturated carbocycles. The van der Waals surface area contributed by atoms with Crippen molar-refractivity contribution in [3.63, 3.8) is 0 Å². The molecule has 5 rings (SSSR count). The molecule has 2 heterocycles. The minimum absolute atomic E-state index is 0.0431. The van der Waals surface area contributed by atoms with Gasteiger partial charge in [0.2, 0.25) is 5.91 Å². The smallest absolute Gasteiger partial charge is 0.412 e. The average molecular weight is 602 g/mol. The Kier molecular flexibility index (Phi) is 11.3. The Morgan fingerprint density at radius 2 is 1.70 bits per heavy atom. The second-order valence-electron chi connectivity index (χ2n) is 9.45. The maximum absolute atomic E-state index is 13.2. The number of thiazole rings is 1. The molecule has 0 saturated heterocycles. The molecule has 1 fully saturated rings. The predicted octanol–water partition coefficient (Wildman–Crippen LogP) is 6.05. The van der Waals surface area contributed by atoms with E-state index in [2.05, 4.69) is 20.6 Å². The lowest BCUT2D eigenvalue weighted by molar-refractivity contribution is -0.120. The Labute approximate surface area is 255 Å². The van der Waals surface area contributed by atoms with Gasteiger partial charge >= 0.3 is 6.09 Å². The van der Waals surface area contributed by atoms with Gasteiger partial charge in [0.05, 0.1) is 5.69 Å². The van der Waals surface area contributed by atoms with E-state index in [1.807, 2.05) is 61.7 Å². The van der Waals surface area contributed by atoms with Crippen LogP contribution >= 0.6 is 11.3 Å². The van der Waals surface area contributed by atoms with Crippen molar-refractivity contribution < 1.29 is 23.9 Å². The summed E-state index contributed by atoms with van der Waals surface area (Å²) in [6.07, 6.45) is 3.63. The van der Waals surface area contributed by atoms with Crippen LogP contribution in [0.2, 0.25) is 0 Å². The van der Waals surface area contributed by atoms with Crippen LogP contribution in [0.25, 0.3) is 11.3 Å². The first-order chi connectivity index (χ1) is 21.0. The summed E-state index contributed by atoms with van der Waals surface area (Å²) in [4.78, 5) is 48.3. The van der Waals surface area contributed by atoms with Crippen molar-refractivity contribution in [1.29, 1.82) is 0 Å². The third-order valence-corrected chi connectivity index (χ3v) is 7.11. The van der Waals surface area contributed by atoms with E-state index in [0.717, 1.165) is 24.0 Å². The Balaban J connectivity index is 0.00000207. The van der Waals surface area contributed by atoms with Crippen LogP contribution in [0.5, 0.6) is 0 Å². The van der Waals surface area contributed by atoms with Crippen molar-refractivity contribution in [2.75, 3.05) is 19.0 Å². The standard InChI is InChI=1S/C30H29N5O5S.C2H6/c1-39-28(23-13-15-31-16-14-23)35(30(38)40-18-20-5-3-2-4-6-20)17-26(36)34-29-33-25(19-41-29)21-7-9-22(10-8-21)27(37)32-24-11-12-24;1-2/h2-10,13-16,19,24,28H,11-12,17-18H2,1H3,(H,32,37)(H,33,34,36);1-2H3. The molecule has 3 amide bonds. The second-order valence-corrected chi connectivity index (χ2v) is 10.3. The highest BCUT2D eigenvalue weighted by Gasteiger charge is 2.29. The van der Waals surface area contributed by atoms with Crippen molar-refractivity contribution in [1.82, 2.24) is 20.2 Å². The molecule has 1 aliphatic carbocycles. The van der Waals surface area contributed by atoms with Gasteiger partial charge in [-0.3, -0.25) is 19.5 Å². The van der Waals surface area contributed by atoms with Crippen molar-refractivity contribution in [3.05, 3.63) is 101 Å². The van der Waals surface area contributed by atoms with Gasteiger partial charge in [0.15, 0.2) is 11.4 Å². The molecule has 43 heavy (non-hydrogen) atoms. The summed E-state index contributed by atoms with van der Waals surface area (Å²) in [5, 5.41) is 7.92. The zero-order valence-electron chi connectivity index (χ0n) is 24.4. The number of carbonyl (C=O) groups excluding carboxylic acids is 3. The summed E-state index contributed by atoms with van der Waals surface area (Å²) in [5.41, 5.74) is 3.51. The number of anilines is 1. The molecule has 2 N–H and O–H groups in total. The van der Waals surface area contributed by atoms with Crippen LogP contribution in [0.3, 0.4) is 0 Å². The van der Waals surface area contributed by atoms with Gasteiger partial charge in [0.1, 0.15) is 13.2 Å². The van der Waals surface area contributed by atoms with Gasteiger partial charge in [0, 0.05) is 47.6 Å². The van der Waals surface area contributed by atoms with Crippen molar-refractivity contribution in [3.8, 4) is 11.3 Å². The molecule has 2 aromatic heterocycles. The molecule has 11 heteroatoms. The van der Waals surface area contributed by atoms with E-state index in [0.29, 0.717) is 22.0 Å². The molecule has 10 nitrogen and oxygen atoms in total. The lowest BCUT2D eigenvalue weighted by Gasteiger charge is -2.29. The Hall–Kier alpha value is -4.61. The number of ether oxygens (including phenoxy) is 2. The number of benzene rings is 2. The van der Waals surface area contributed by atoms with Gasteiger partial charge in [0.25, 0.3) is 5.91 Å². The van der Waals surface area contributed by atoms with Gasteiger partial charge in [-0.2, -0.15) is 0 Å². The number of carbonyl (C=O) groups is 3. The summed E-state index contributed by atoms with van der Waals surface area (Å²) in [5.74, 6) is -0.552. The number of rotatable bonds is 11. The number of nitrogens with zero attached hydrogens (tertiary/aromatic N) is 3. The highest BCUT2D eigenvalue weighted by atomic mass is 32.1. The third kappa shape index (κ3) is 8.94. The Morgan fingerprint density at radius 3 is 2.35 bits per heavy atom.